The summed E-state index contributed by atoms with van der Waals surface area (Å²) < 4.78 is 55.0. The molecule has 1 N–H and O–H groups in total. The molecule has 0 aromatic heterocycles. The summed E-state index contributed by atoms with van der Waals surface area (Å²) in [5.74, 6) is -8.48. The fourth-order valence-corrected chi connectivity index (χ4v) is 2.72. The molecular weight excluding hydrogens is 378 g/mol. The predicted octanol–water partition coefficient (Wildman–Crippen LogP) is 3.98. The number of nitrogens with zero attached hydrogens (tertiary/aromatic N) is 2. The standard InChI is InChI=1S/C19H15F4N3O2/c1-9-4-3-5-13(10(9)2)24-19(28)14-6-7-15(27)26(25-14)18-16(22)11(20)8-12(21)17(18)23/h3-5,8H,6-7H2,1-2H3,(H,24,28). The van der Waals surface area contributed by atoms with E-state index in [2.05, 4.69) is 10.4 Å². The van der Waals surface area contributed by atoms with Gasteiger partial charge in [-0.1, -0.05) is 12.1 Å². The van der Waals surface area contributed by atoms with Crippen molar-refractivity contribution in [2.75, 3.05) is 10.3 Å². The van der Waals surface area contributed by atoms with Gasteiger partial charge in [0.25, 0.3) is 5.91 Å². The molecule has 2 amide bonds. The summed E-state index contributed by atoms with van der Waals surface area (Å²) in [5.41, 5.74) is 0.748. The Labute approximate surface area is 157 Å². The van der Waals surface area contributed by atoms with Gasteiger partial charge in [-0.2, -0.15) is 10.1 Å². The number of amides is 2. The largest absolute Gasteiger partial charge is 0.321 e. The van der Waals surface area contributed by atoms with E-state index in [9.17, 15) is 27.2 Å². The van der Waals surface area contributed by atoms with Crippen molar-refractivity contribution >= 4 is 28.9 Å². The summed E-state index contributed by atoms with van der Waals surface area (Å²) in [6.45, 7) is 3.65. The van der Waals surface area contributed by atoms with E-state index >= 15 is 0 Å². The highest BCUT2D eigenvalue weighted by molar-refractivity contribution is 6.44. The lowest BCUT2D eigenvalue weighted by atomic mass is 10.1. The van der Waals surface area contributed by atoms with Gasteiger partial charge in [0.05, 0.1) is 0 Å². The van der Waals surface area contributed by atoms with Gasteiger partial charge in [0.15, 0.2) is 23.3 Å². The summed E-state index contributed by atoms with van der Waals surface area (Å²) in [6, 6.07) is 5.28. The lowest BCUT2D eigenvalue weighted by Crippen LogP contribution is -2.37. The van der Waals surface area contributed by atoms with E-state index in [-0.39, 0.29) is 29.6 Å². The number of aryl methyl sites for hydroxylation is 1. The monoisotopic (exact) mass is 393 g/mol. The maximum atomic E-state index is 14.0. The van der Waals surface area contributed by atoms with Gasteiger partial charge in [-0.15, -0.1) is 0 Å². The molecule has 1 aliphatic heterocycles. The van der Waals surface area contributed by atoms with Crippen LogP contribution in [-0.4, -0.2) is 17.5 Å². The lowest BCUT2D eigenvalue weighted by molar-refractivity contribution is -0.118. The number of carbonyl (C=O) groups is 2. The summed E-state index contributed by atoms with van der Waals surface area (Å²) >= 11 is 0. The first-order valence-corrected chi connectivity index (χ1v) is 8.31. The molecule has 2 aromatic rings. The third kappa shape index (κ3) is 3.47. The maximum Gasteiger partial charge on any atom is 0.271 e. The molecule has 0 aliphatic carbocycles. The lowest BCUT2D eigenvalue weighted by Gasteiger charge is -2.24. The highest BCUT2D eigenvalue weighted by Crippen LogP contribution is 2.30. The van der Waals surface area contributed by atoms with Crippen LogP contribution < -0.4 is 10.3 Å². The van der Waals surface area contributed by atoms with Crippen LogP contribution in [0.25, 0.3) is 0 Å². The summed E-state index contributed by atoms with van der Waals surface area (Å²) in [5, 5.41) is 6.47. The number of rotatable bonds is 3. The second-order valence-corrected chi connectivity index (χ2v) is 6.27. The molecule has 0 saturated heterocycles. The molecule has 1 heterocycles. The van der Waals surface area contributed by atoms with Crippen molar-refractivity contribution < 1.29 is 27.2 Å². The zero-order valence-corrected chi connectivity index (χ0v) is 14.9. The number of benzene rings is 2. The van der Waals surface area contributed by atoms with Crippen LogP contribution in [-0.2, 0) is 9.59 Å². The third-order valence-electron chi connectivity index (χ3n) is 4.45. The van der Waals surface area contributed by atoms with E-state index in [0.29, 0.717) is 5.69 Å². The zero-order valence-electron chi connectivity index (χ0n) is 14.9. The molecule has 0 spiro atoms. The molecule has 28 heavy (non-hydrogen) atoms. The highest BCUT2D eigenvalue weighted by atomic mass is 19.2. The van der Waals surface area contributed by atoms with E-state index in [1.54, 1.807) is 19.1 Å². The number of halogens is 4. The molecule has 0 fully saturated rings. The Hall–Kier alpha value is -3.23. The quantitative estimate of drug-likeness (QED) is 0.633. The molecule has 2 aromatic carbocycles. The summed E-state index contributed by atoms with van der Waals surface area (Å²) in [7, 11) is 0. The molecular formula is C19H15F4N3O2. The van der Waals surface area contributed by atoms with Crippen LogP contribution in [0.3, 0.4) is 0 Å². The van der Waals surface area contributed by atoms with E-state index in [4.69, 9.17) is 0 Å². The minimum atomic E-state index is -1.77. The predicted molar refractivity (Wildman–Crippen MR) is 95.0 cm³/mol. The molecule has 1 aliphatic rings. The van der Waals surface area contributed by atoms with Crippen molar-refractivity contribution in [3.05, 3.63) is 58.7 Å². The normalized spacial score (nSPS) is 14.1. The minimum absolute atomic E-state index is 0.0282. The number of hydrogen-bond acceptors (Lipinski definition) is 3. The molecule has 0 bridgehead atoms. The van der Waals surface area contributed by atoms with Crippen LogP contribution in [0.2, 0.25) is 0 Å². The Bertz CT molecular complexity index is 994. The fourth-order valence-electron chi connectivity index (χ4n) is 2.72. The fraction of sp³-hybridized carbons (Fsp3) is 0.211. The summed E-state index contributed by atoms with van der Waals surface area (Å²) in [4.78, 5) is 24.6. The van der Waals surface area contributed by atoms with E-state index in [0.717, 1.165) is 11.1 Å². The Morgan fingerprint density at radius 3 is 2.36 bits per heavy atom. The minimum Gasteiger partial charge on any atom is -0.321 e. The third-order valence-corrected chi connectivity index (χ3v) is 4.45. The van der Waals surface area contributed by atoms with Crippen molar-refractivity contribution in [1.29, 1.82) is 0 Å². The molecule has 0 atom stereocenters. The van der Waals surface area contributed by atoms with Crippen molar-refractivity contribution in [3.63, 3.8) is 0 Å². The topological polar surface area (TPSA) is 61.8 Å². The first-order chi connectivity index (χ1) is 13.2. The molecule has 0 saturated carbocycles. The smallest absolute Gasteiger partial charge is 0.271 e. The molecule has 3 rings (SSSR count). The number of nitrogens with one attached hydrogen (secondary N) is 1. The highest BCUT2D eigenvalue weighted by Gasteiger charge is 2.32. The Kier molecular flexibility index (Phi) is 5.17. The van der Waals surface area contributed by atoms with Crippen LogP contribution in [0.4, 0.5) is 28.9 Å². The van der Waals surface area contributed by atoms with E-state index in [1.165, 1.54) is 0 Å². The molecule has 0 unspecified atom stereocenters. The number of carbonyl (C=O) groups excluding carboxylic acids is 2. The van der Waals surface area contributed by atoms with E-state index < -0.39 is 40.8 Å². The molecule has 0 radical (unpaired) electrons. The SMILES string of the molecule is Cc1cccc(NC(=O)C2=NN(c3c(F)c(F)cc(F)c3F)C(=O)CC2)c1C. The van der Waals surface area contributed by atoms with Crippen molar-refractivity contribution in [1.82, 2.24) is 0 Å². The van der Waals surface area contributed by atoms with Crippen molar-refractivity contribution in [2.45, 2.75) is 26.7 Å². The molecule has 9 heteroatoms. The van der Waals surface area contributed by atoms with Crippen molar-refractivity contribution in [2.24, 2.45) is 5.10 Å². The number of hydrogen-bond donors (Lipinski definition) is 1. The maximum absolute atomic E-state index is 14.0. The Balaban J connectivity index is 1.97. The van der Waals surface area contributed by atoms with Gasteiger partial charge >= 0.3 is 0 Å². The zero-order chi connectivity index (χ0) is 20.6. The van der Waals surface area contributed by atoms with Gasteiger partial charge < -0.3 is 5.32 Å². The van der Waals surface area contributed by atoms with Gasteiger partial charge in [-0.25, -0.2) is 17.6 Å². The summed E-state index contributed by atoms with van der Waals surface area (Å²) in [6.07, 6.45) is -0.400. The van der Waals surface area contributed by atoms with Gasteiger partial charge in [-0.05, 0) is 31.0 Å². The second-order valence-electron chi connectivity index (χ2n) is 6.27. The second kappa shape index (κ2) is 7.41. The first kappa shape index (κ1) is 19.5. The molecule has 5 nitrogen and oxygen atoms in total. The van der Waals surface area contributed by atoms with Crippen LogP contribution in [0.1, 0.15) is 24.0 Å². The van der Waals surface area contributed by atoms with E-state index in [1.807, 2.05) is 13.0 Å². The van der Waals surface area contributed by atoms with Gasteiger partial charge in [0.1, 0.15) is 11.4 Å². The number of hydrazone groups is 1. The van der Waals surface area contributed by atoms with Crippen molar-refractivity contribution in [3.8, 4) is 0 Å². The van der Waals surface area contributed by atoms with Gasteiger partial charge in [0.2, 0.25) is 5.91 Å². The van der Waals surface area contributed by atoms with Gasteiger partial charge in [-0.3, -0.25) is 9.59 Å². The average Bonchev–Trinajstić information content (AvgIpc) is 2.65. The van der Waals surface area contributed by atoms with Crippen LogP contribution in [0, 0.1) is 37.1 Å². The van der Waals surface area contributed by atoms with Crippen LogP contribution in [0.5, 0.6) is 0 Å². The van der Waals surface area contributed by atoms with Crippen LogP contribution in [0.15, 0.2) is 29.4 Å². The Morgan fingerprint density at radius 1 is 1.07 bits per heavy atom. The Morgan fingerprint density at radius 2 is 1.71 bits per heavy atom. The van der Waals surface area contributed by atoms with Crippen LogP contribution >= 0.6 is 0 Å². The first-order valence-electron chi connectivity index (χ1n) is 8.31. The average molecular weight is 393 g/mol. The van der Waals surface area contributed by atoms with Gasteiger partial charge in [0, 0.05) is 24.6 Å². The molecule has 146 valence electrons. The number of anilines is 2.